The highest BCUT2D eigenvalue weighted by Gasteiger charge is 2.21. The first-order valence-corrected chi connectivity index (χ1v) is 13.7. The number of carbonyl (C=O) groups excluding carboxylic acids is 1. The number of amides is 1. The van der Waals surface area contributed by atoms with E-state index in [1.54, 1.807) is 0 Å². The largest absolute Gasteiger partial charge is 0.298 e. The number of fused-ring (bicyclic) bond motifs is 1. The molecule has 1 heterocycles. The Morgan fingerprint density at radius 2 is 1.62 bits per heavy atom. The summed E-state index contributed by atoms with van der Waals surface area (Å²) < 4.78 is 50.6. The van der Waals surface area contributed by atoms with Crippen LogP contribution in [-0.4, -0.2) is 39.1 Å². The SMILES string of the molecule is CN(Cc1ccccc1)S(=O)(=O)c1ccc(C(=O)Nc2nc3ccc(S(N)(=O)=O)cc3s2)cc1. The summed E-state index contributed by atoms with van der Waals surface area (Å²) in [6.07, 6.45) is 0. The van der Waals surface area contributed by atoms with Crippen molar-refractivity contribution in [1.29, 1.82) is 0 Å². The zero-order valence-electron chi connectivity index (χ0n) is 17.9. The van der Waals surface area contributed by atoms with E-state index in [4.69, 9.17) is 5.14 Å². The molecule has 0 aliphatic carbocycles. The molecule has 12 heteroatoms. The fourth-order valence-corrected chi connectivity index (χ4v) is 5.86. The maximum Gasteiger partial charge on any atom is 0.257 e. The van der Waals surface area contributed by atoms with Gasteiger partial charge in [0.15, 0.2) is 5.13 Å². The average Bonchev–Trinajstić information content (AvgIpc) is 3.20. The van der Waals surface area contributed by atoms with Gasteiger partial charge in [-0.15, -0.1) is 0 Å². The van der Waals surface area contributed by atoms with Gasteiger partial charge in [-0.05, 0) is 48.0 Å². The van der Waals surface area contributed by atoms with Crippen LogP contribution < -0.4 is 10.5 Å². The fourth-order valence-electron chi connectivity index (χ4n) is 3.19. The van der Waals surface area contributed by atoms with Crippen LogP contribution in [0.4, 0.5) is 5.13 Å². The second-order valence-electron chi connectivity index (χ2n) is 7.42. The molecular formula is C22H20N4O5S3. The Balaban J connectivity index is 1.48. The van der Waals surface area contributed by atoms with Crippen molar-refractivity contribution in [3.8, 4) is 0 Å². The van der Waals surface area contributed by atoms with Gasteiger partial charge in [-0.25, -0.2) is 27.0 Å². The van der Waals surface area contributed by atoms with Gasteiger partial charge in [0.1, 0.15) is 0 Å². The van der Waals surface area contributed by atoms with Gasteiger partial charge in [-0.2, -0.15) is 4.31 Å². The number of nitrogens with zero attached hydrogens (tertiary/aromatic N) is 2. The second kappa shape index (κ2) is 9.24. The summed E-state index contributed by atoms with van der Waals surface area (Å²) in [6, 6.07) is 19.1. The highest BCUT2D eigenvalue weighted by Crippen LogP contribution is 2.28. The van der Waals surface area contributed by atoms with E-state index in [0.717, 1.165) is 16.9 Å². The molecule has 0 bridgehead atoms. The van der Waals surface area contributed by atoms with Crippen LogP contribution in [0.2, 0.25) is 0 Å². The molecule has 0 saturated carbocycles. The topological polar surface area (TPSA) is 140 Å². The van der Waals surface area contributed by atoms with Crippen molar-refractivity contribution in [1.82, 2.24) is 9.29 Å². The number of hydrogen-bond acceptors (Lipinski definition) is 7. The lowest BCUT2D eigenvalue weighted by molar-refractivity contribution is 0.102. The predicted octanol–water partition coefficient (Wildman–Crippen LogP) is 3.02. The molecule has 0 aliphatic heterocycles. The van der Waals surface area contributed by atoms with Gasteiger partial charge in [0, 0.05) is 19.2 Å². The number of primary sulfonamides is 1. The first-order chi connectivity index (χ1) is 16.0. The summed E-state index contributed by atoms with van der Waals surface area (Å²) in [5, 5.41) is 8.07. The Morgan fingerprint density at radius 3 is 2.26 bits per heavy atom. The fraction of sp³-hybridized carbons (Fsp3) is 0.0909. The minimum Gasteiger partial charge on any atom is -0.298 e. The monoisotopic (exact) mass is 516 g/mol. The number of hydrogen-bond donors (Lipinski definition) is 2. The second-order valence-corrected chi connectivity index (χ2v) is 12.1. The lowest BCUT2D eigenvalue weighted by Crippen LogP contribution is -2.26. The molecule has 0 aliphatic rings. The standard InChI is InChI=1S/C22H20N4O5S3/c1-26(14-15-5-3-2-4-6-15)34(30,31)17-9-7-16(8-10-17)21(27)25-22-24-19-12-11-18(33(23,28)29)13-20(19)32-22/h2-13H,14H2,1H3,(H2,23,28,29)(H,24,25,27). The minimum atomic E-state index is -3.85. The summed E-state index contributed by atoms with van der Waals surface area (Å²) in [4.78, 5) is 16.9. The Labute approximate surface area is 201 Å². The van der Waals surface area contributed by atoms with Crippen molar-refractivity contribution in [2.24, 2.45) is 5.14 Å². The van der Waals surface area contributed by atoms with Gasteiger partial charge in [0.2, 0.25) is 20.0 Å². The molecule has 0 unspecified atom stereocenters. The van der Waals surface area contributed by atoms with Gasteiger partial charge in [0.25, 0.3) is 5.91 Å². The molecule has 176 valence electrons. The smallest absolute Gasteiger partial charge is 0.257 e. The molecule has 34 heavy (non-hydrogen) atoms. The number of thiazole rings is 1. The van der Waals surface area contributed by atoms with Crippen LogP contribution in [0, 0.1) is 0 Å². The molecular weight excluding hydrogens is 496 g/mol. The Bertz CT molecular complexity index is 1570. The Kier molecular flexibility index (Phi) is 6.51. The zero-order chi connectivity index (χ0) is 24.5. The van der Waals surface area contributed by atoms with Crippen molar-refractivity contribution < 1.29 is 21.6 Å². The summed E-state index contributed by atoms with van der Waals surface area (Å²) in [5.74, 6) is -0.479. The van der Waals surface area contributed by atoms with E-state index in [1.165, 1.54) is 53.8 Å². The molecule has 0 saturated heterocycles. The molecule has 3 aromatic carbocycles. The third-order valence-electron chi connectivity index (χ3n) is 4.98. The van der Waals surface area contributed by atoms with Crippen LogP contribution in [0.15, 0.2) is 82.6 Å². The number of rotatable bonds is 7. The molecule has 4 aromatic rings. The Hall–Kier alpha value is -3.16. The van der Waals surface area contributed by atoms with Gasteiger partial charge in [-0.1, -0.05) is 41.7 Å². The van der Waals surface area contributed by atoms with Crippen LogP contribution >= 0.6 is 11.3 Å². The molecule has 0 fully saturated rings. The first kappa shape index (κ1) is 24.0. The minimum absolute atomic E-state index is 0.0458. The van der Waals surface area contributed by atoms with Gasteiger partial charge in [0.05, 0.1) is 20.0 Å². The number of sulfonamides is 2. The zero-order valence-corrected chi connectivity index (χ0v) is 20.3. The Morgan fingerprint density at radius 1 is 0.971 bits per heavy atom. The number of aromatic nitrogens is 1. The van der Waals surface area contributed by atoms with Crippen molar-refractivity contribution >= 4 is 52.6 Å². The molecule has 0 spiro atoms. The lowest BCUT2D eigenvalue weighted by Gasteiger charge is -2.17. The average molecular weight is 517 g/mol. The highest BCUT2D eigenvalue weighted by atomic mass is 32.2. The van der Waals surface area contributed by atoms with Crippen LogP contribution in [0.3, 0.4) is 0 Å². The van der Waals surface area contributed by atoms with Gasteiger partial charge in [-0.3, -0.25) is 10.1 Å². The van der Waals surface area contributed by atoms with Crippen LogP contribution in [0.1, 0.15) is 15.9 Å². The summed E-state index contributed by atoms with van der Waals surface area (Å²) in [7, 11) is -6.09. The number of anilines is 1. The van der Waals surface area contributed by atoms with Crippen molar-refractivity contribution in [2.75, 3.05) is 12.4 Å². The van der Waals surface area contributed by atoms with Crippen LogP contribution in [0.5, 0.6) is 0 Å². The number of carbonyl (C=O) groups is 1. The van der Waals surface area contributed by atoms with E-state index in [-0.39, 0.29) is 27.0 Å². The van der Waals surface area contributed by atoms with E-state index in [1.807, 2.05) is 30.3 Å². The molecule has 1 amide bonds. The lowest BCUT2D eigenvalue weighted by atomic mass is 10.2. The third kappa shape index (κ3) is 5.16. The number of nitrogens with one attached hydrogen (secondary N) is 1. The summed E-state index contributed by atoms with van der Waals surface area (Å²) in [6.45, 7) is 0.218. The van der Waals surface area contributed by atoms with Gasteiger partial charge >= 0.3 is 0 Å². The van der Waals surface area contributed by atoms with E-state index in [2.05, 4.69) is 10.3 Å². The van der Waals surface area contributed by atoms with E-state index in [9.17, 15) is 21.6 Å². The van der Waals surface area contributed by atoms with Crippen molar-refractivity contribution in [3.63, 3.8) is 0 Å². The summed E-state index contributed by atoms with van der Waals surface area (Å²) in [5.41, 5.74) is 1.61. The molecule has 3 N–H and O–H groups in total. The first-order valence-electron chi connectivity index (χ1n) is 9.89. The predicted molar refractivity (Wildman–Crippen MR) is 130 cm³/mol. The summed E-state index contributed by atoms with van der Waals surface area (Å²) >= 11 is 1.10. The van der Waals surface area contributed by atoms with Crippen molar-refractivity contribution in [3.05, 3.63) is 83.9 Å². The molecule has 0 radical (unpaired) electrons. The van der Waals surface area contributed by atoms with Crippen molar-refractivity contribution in [2.45, 2.75) is 16.3 Å². The normalized spacial score (nSPS) is 12.2. The van der Waals surface area contributed by atoms with E-state index < -0.39 is 26.0 Å². The maximum absolute atomic E-state index is 12.9. The highest BCUT2D eigenvalue weighted by molar-refractivity contribution is 7.89. The number of benzene rings is 3. The quantitative estimate of drug-likeness (QED) is 0.387. The van der Waals surface area contributed by atoms with Crippen LogP contribution in [0.25, 0.3) is 10.2 Å². The van der Waals surface area contributed by atoms with E-state index >= 15 is 0 Å². The van der Waals surface area contributed by atoms with E-state index in [0.29, 0.717) is 10.2 Å². The maximum atomic E-state index is 12.9. The van der Waals surface area contributed by atoms with Crippen LogP contribution in [-0.2, 0) is 26.6 Å². The molecule has 9 nitrogen and oxygen atoms in total. The van der Waals surface area contributed by atoms with Gasteiger partial charge < -0.3 is 0 Å². The third-order valence-corrected chi connectivity index (χ3v) is 8.64. The number of nitrogens with two attached hydrogens (primary N) is 1. The molecule has 1 aromatic heterocycles. The molecule has 0 atom stereocenters. The molecule has 4 rings (SSSR count).